The highest BCUT2D eigenvalue weighted by molar-refractivity contribution is 7.09. The number of carbonyl (C=O) groups is 1. The van der Waals surface area contributed by atoms with Crippen molar-refractivity contribution in [2.75, 3.05) is 0 Å². The summed E-state index contributed by atoms with van der Waals surface area (Å²) in [6.45, 7) is 3.69. The molecule has 0 aliphatic rings. The number of ether oxygens (including phenoxy) is 1. The minimum atomic E-state index is -0.448. The van der Waals surface area contributed by atoms with Crippen LogP contribution in [0.15, 0.2) is 23.6 Å². The van der Waals surface area contributed by atoms with E-state index < -0.39 is 5.97 Å². The summed E-state index contributed by atoms with van der Waals surface area (Å²) in [4.78, 5) is 15.8. The van der Waals surface area contributed by atoms with Gasteiger partial charge in [-0.1, -0.05) is 11.6 Å². The zero-order valence-corrected chi connectivity index (χ0v) is 10.9. The molecule has 0 spiro atoms. The molecule has 3 nitrogen and oxygen atoms in total. The lowest BCUT2D eigenvalue weighted by Crippen LogP contribution is -2.08. The van der Waals surface area contributed by atoms with E-state index in [1.807, 2.05) is 13.8 Å². The molecule has 0 aliphatic carbocycles. The Morgan fingerprint density at radius 1 is 1.41 bits per heavy atom. The minimum absolute atomic E-state index is 0.333. The van der Waals surface area contributed by atoms with Crippen LogP contribution in [0.3, 0.4) is 0 Å². The molecular weight excluding hydrogens is 258 g/mol. The van der Waals surface area contributed by atoms with Gasteiger partial charge in [0, 0.05) is 10.4 Å². The molecule has 0 radical (unpaired) electrons. The molecule has 2 rings (SSSR count). The third kappa shape index (κ3) is 2.84. The summed E-state index contributed by atoms with van der Waals surface area (Å²) in [6, 6.07) is 5.08. The monoisotopic (exact) mass is 267 g/mol. The lowest BCUT2D eigenvalue weighted by Gasteiger charge is -2.04. The zero-order chi connectivity index (χ0) is 12.4. The average molecular weight is 268 g/mol. The van der Waals surface area contributed by atoms with Gasteiger partial charge in [0.15, 0.2) is 5.69 Å². The highest BCUT2D eigenvalue weighted by atomic mass is 35.5. The summed E-state index contributed by atoms with van der Waals surface area (Å²) >= 11 is 7.30. The second kappa shape index (κ2) is 4.85. The van der Waals surface area contributed by atoms with Crippen LogP contribution in [0.1, 0.15) is 21.1 Å². The maximum Gasteiger partial charge on any atom is 0.363 e. The van der Waals surface area contributed by atoms with E-state index in [1.165, 1.54) is 11.3 Å². The van der Waals surface area contributed by atoms with Crippen LogP contribution in [0.25, 0.3) is 0 Å². The van der Waals surface area contributed by atoms with E-state index >= 15 is 0 Å². The predicted molar refractivity (Wildman–Crippen MR) is 68.0 cm³/mol. The van der Waals surface area contributed by atoms with Crippen molar-refractivity contribution in [2.24, 2.45) is 0 Å². The van der Waals surface area contributed by atoms with Crippen LogP contribution in [0.5, 0.6) is 5.75 Å². The Kier molecular flexibility index (Phi) is 3.45. The number of halogens is 1. The van der Waals surface area contributed by atoms with Gasteiger partial charge in [0.05, 0.1) is 5.01 Å². The molecule has 88 valence electrons. The van der Waals surface area contributed by atoms with Crippen molar-refractivity contribution in [3.05, 3.63) is 44.9 Å². The number of nitrogens with zero attached hydrogens (tertiary/aromatic N) is 1. The Labute approximate surface area is 108 Å². The van der Waals surface area contributed by atoms with Gasteiger partial charge < -0.3 is 4.74 Å². The van der Waals surface area contributed by atoms with Gasteiger partial charge in [0.1, 0.15) is 5.75 Å². The van der Waals surface area contributed by atoms with Gasteiger partial charge in [-0.3, -0.25) is 0 Å². The van der Waals surface area contributed by atoms with Crippen LogP contribution in [-0.4, -0.2) is 11.0 Å². The second-order valence-electron chi connectivity index (χ2n) is 3.55. The van der Waals surface area contributed by atoms with Gasteiger partial charge in [-0.05, 0) is 37.6 Å². The molecule has 0 unspecified atom stereocenters. The number of thiazole rings is 1. The van der Waals surface area contributed by atoms with Gasteiger partial charge in [0.2, 0.25) is 0 Å². The molecule has 0 amide bonds. The van der Waals surface area contributed by atoms with E-state index in [0.29, 0.717) is 16.5 Å². The van der Waals surface area contributed by atoms with Crippen molar-refractivity contribution < 1.29 is 9.53 Å². The largest absolute Gasteiger partial charge is 0.422 e. The second-order valence-corrected chi connectivity index (χ2v) is 5.02. The van der Waals surface area contributed by atoms with Gasteiger partial charge in [-0.25, -0.2) is 9.78 Å². The molecule has 0 N–H and O–H groups in total. The molecule has 0 saturated carbocycles. The van der Waals surface area contributed by atoms with Crippen LogP contribution >= 0.6 is 22.9 Å². The fourth-order valence-electron chi connectivity index (χ4n) is 1.30. The number of carbonyl (C=O) groups excluding carboxylic acids is 1. The minimum Gasteiger partial charge on any atom is -0.422 e. The first kappa shape index (κ1) is 12.1. The Morgan fingerprint density at radius 3 is 2.76 bits per heavy atom. The topological polar surface area (TPSA) is 39.2 Å². The number of benzene rings is 1. The molecule has 17 heavy (non-hydrogen) atoms. The predicted octanol–water partition coefficient (Wildman–Crippen LogP) is 3.63. The molecule has 5 heteroatoms. The highest BCUT2D eigenvalue weighted by Gasteiger charge is 2.12. The van der Waals surface area contributed by atoms with Gasteiger partial charge in [0.25, 0.3) is 0 Å². The lowest BCUT2D eigenvalue weighted by molar-refractivity contribution is 0.0729. The van der Waals surface area contributed by atoms with Crippen LogP contribution in [0.4, 0.5) is 0 Å². The Morgan fingerprint density at radius 2 is 2.18 bits per heavy atom. The molecule has 1 aromatic carbocycles. The summed E-state index contributed by atoms with van der Waals surface area (Å²) in [6.07, 6.45) is 0. The normalized spacial score (nSPS) is 10.3. The van der Waals surface area contributed by atoms with Crippen molar-refractivity contribution in [3.63, 3.8) is 0 Å². The van der Waals surface area contributed by atoms with Crippen molar-refractivity contribution in [2.45, 2.75) is 13.8 Å². The van der Waals surface area contributed by atoms with Crippen LogP contribution in [-0.2, 0) is 0 Å². The first-order valence-electron chi connectivity index (χ1n) is 4.97. The Bertz CT molecular complexity index is 565. The number of esters is 1. The van der Waals surface area contributed by atoms with E-state index in [4.69, 9.17) is 16.3 Å². The summed E-state index contributed by atoms with van der Waals surface area (Å²) in [7, 11) is 0. The molecule has 0 aliphatic heterocycles. The number of aromatic nitrogens is 1. The molecule has 0 bridgehead atoms. The summed E-state index contributed by atoms with van der Waals surface area (Å²) in [5, 5.41) is 3.17. The van der Waals surface area contributed by atoms with Crippen molar-refractivity contribution >= 4 is 28.9 Å². The summed E-state index contributed by atoms with van der Waals surface area (Å²) < 4.78 is 5.20. The molecule has 2 aromatic rings. The first-order valence-corrected chi connectivity index (χ1v) is 6.22. The van der Waals surface area contributed by atoms with E-state index in [1.54, 1.807) is 23.6 Å². The fourth-order valence-corrected chi connectivity index (χ4v) is 2.00. The molecule has 1 heterocycles. The maximum atomic E-state index is 11.7. The van der Waals surface area contributed by atoms with E-state index in [-0.39, 0.29) is 0 Å². The number of hydrogen-bond donors (Lipinski definition) is 0. The van der Waals surface area contributed by atoms with Gasteiger partial charge in [-0.2, -0.15) is 0 Å². The highest BCUT2D eigenvalue weighted by Crippen LogP contribution is 2.22. The standard InChI is InChI=1S/C12H10ClNO2S/c1-7-5-9(3-4-10(7)13)16-12(15)11-6-17-8(2)14-11/h3-6H,1-2H3. The third-order valence-corrected chi connectivity index (χ3v) is 3.37. The van der Waals surface area contributed by atoms with Crippen LogP contribution in [0, 0.1) is 13.8 Å². The van der Waals surface area contributed by atoms with E-state index in [9.17, 15) is 4.79 Å². The van der Waals surface area contributed by atoms with Crippen molar-refractivity contribution in [1.82, 2.24) is 4.98 Å². The molecule has 1 aromatic heterocycles. The molecular formula is C12H10ClNO2S. The number of aryl methyl sites for hydroxylation is 2. The van der Waals surface area contributed by atoms with Crippen LogP contribution in [0.2, 0.25) is 5.02 Å². The SMILES string of the molecule is Cc1nc(C(=O)Oc2ccc(Cl)c(C)c2)cs1. The quantitative estimate of drug-likeness (QED) is 0.616. The molecule has 0 atom stereocenters. The molecule has 0 saturated heterocycles. The lowest BCUT2D eigenvalue weighted by atomic mass is 10.2. The zero-order valence-electron chi connectivity index (χ0n) is 9.36. The fraction of sp³-hybridized carbons (Fsp3) is 0.167. The average Bonchev–Trinajstić information content (AvgIpc) is 2.70. The number of hydrogen-bond acceptors (Lipinski definition) is 4. The molecule has 0 fully saturated rings. The van der Waals surface area contributed by atoms with Crippen molar-refractivity contribution in [3.8, 4) is 5.75 Å². The van der Waals surface area contributed by atoms with Gasteiger partial charge in [-0.15, -0.1) is 11.3 Å². The van der Waals surface area contributed by atoms with Crippen molar-refractivity contribution in [1.29, 1.82) is 0 Å². The van der Waals surface area contributed by atoms with E-state index in [0.717, 1.165) is 10.6 Å². The van der Waals surface area contributed by atoms with E-state index in [2.05, 4.69) is 4.98 Å². The smallest absolute Gasteiger partial charge is 0.363 e. The first-order chi connectivity index (χ1) is 8.06. The maximum absolute atomic E-state index is 11.7. The third-order valence-electron chi connectivity index (χ3n) is 2.17. The Balaban J connectivity index is 2.15. The van der Waals surface area contributed by atoms with Crippen LogP contribution < -0.4 is 4.74 Å². The van der Waals surface area contributed by atoms with Gasteiger partial charge >= 0.3 is 5.97 Å². The summed E-state index contributed by atoms with van der Waals surface area (Å²) in [5.74, 6) is 0.0265. The number of rotatable bonds is 2. The Hall–Kier alpha value is -1.39. The summed E-state index contributed by atoms with van der Waals surface area (Å²) in [5.41, 5.74) is 1.20.